The van der Waals surface area contributed by atoms with Gasteiger partial charge >= 0.3 is 6.18 Å². The number of rotatable bonds is 7. The van der Waals surface area contributed by atoms with Crippen LogP contribution in [0.2, 0.25) is 0 Å². The van der Waals surface area contributed by atoms with Gasteiger partial charge in [0.05, 0.1) is 29.5 Å². The SMILES string of the molecule is O=C(Nc1cc2cc(-c3cnn4c3CN(CCF)CC4)ncc2cn1)C1CCN(CC2(C(F)(F)F)CC2)CC1. The minimum atomic E-state index is -4.16. The topological polar surface area (TPSA) is 79.2 Å². The number of nitrogens with zero attached hydrogens (tertiary/aromatic N) is 6. The summed E-state index contributed by atoms with van der Waals surface area (Å²) in [5, 5.41) is 9.07. The van der Waals surface area contributed by atoms with Crippen molar-refractivity contribution in [2.75, 3.05) is 44.7 Å². The van der Waals surface area contributed by atoms with Gasteiger partial charge in [-0.3, -0.25) is 19.4 Å². The molecule has 0 radical (unpaired) electrons. The Morgan fingerprint density at radius 2 is 1.77 bits per heavy atom. The maximum absolute atomic E-state index is 13.3. The first-order chi connectivity index (χ1) is 18.7. The van der Waals surface area contributed by atoms with Crippen molar-refractivity contribution in [3.8, 4) is 11.3 Å². The van der Waals surface area contributed by atoms with Crippen LogP contribution in [0.1, 0.15) is 31.4 Å². The van der Waals surface area contributed by atoms with E-state index in [9.17, 15) is 22.4 Å². The van der Waals surface area contributed by atoms with Crippen LogP contribution in [0, 0.1) is 11.3 Å². The van der Waals surface area contributed by atoms with Crippen molar-refractivity contribution in [3.05, 3.63) is 36.4 Å². The number of hydrogen-bond donors (Lipinski definition) is 1. The van der Waals surface area contributed by atoms with Crippen LogP contribution < -0.4 is 5.32 Å². The highest BCUT2D eigenvalue weighted by atomic mass is 19.4. The molecule has 0 aromatic carbocycles. The molecule has 2 fully saturated rings. The first-order valence-electron chi connectivity index (χ1n) is 13.4. The Hall–Kier alpha value is -3.12. The predicted octanol–water partition coefficient (Wildman–Crippen LogP) is 4.27. The smallest absolute Gasteiger partial charge is 0.310 e. The molecule has 5 heterocycles. The van der Waals surface area contributed by atoms with E-state index in [0.29, 0.717) is 51.4 Å². The second-order valence-electron chi connectivity index (χ2n) is 11.0. The predicted molar refractivity (Wildman–Crippen MR) is 138 cm³/mol. The van der Waals surface area contributed by atoms with E-state index in [-0.39, 0.29) is 31.2 Å². The van der Waals surface area contributed by atoms with Crippen LogP contribution in [-0.2, 0) is 17.9 Å². The Kier molecular flexibility index (Phi) is 6.78. The Balaban J connectivity index is 1.11. The van der Waals surface area contributed by atoms with Crippen molar-refractivity contribution in [1.82, 2.24) is 29.5 Å². The highest BCUT2D eigenvalue weighted by molar-refractivity contribution is 5.94. The molecule has 0 bridgehead atoms. The third-order valence-electron chi connectivity index (χ3n) is 8.42. The van der Waals surface area contributed by atoms with Gasteiger partial charge < -0.3 is 10.2 Å². The van der Waals surface area contributed by atoms with E-state index in [2.05, 4.69) is 25.3 Å². The van der Waals surface area contributed by atoms with Gasteiger partial charge in [-0.05, 0) is 56.3 Å². The van der Waals surface area contributed by atoms with E-state index < -0.39 is 18.3 Å². The van der Waals surface area contributed by atoms with Crippen molar-refractivity contribution in [1.29, 1.82) is 0 Å². The molecule has 6 rings (SSSR count). The lowest BCUT2D eigenvalue weighted by Crippen LogP contribution is -2.44. The number of nitrogens with one attached hydrogen (secondary N) is 1. The summed E-state index contributed by atoms with van der Waals surface area (Å²) >= 11 is 0. The van der Waals surface area contributed by atoms with E-state index in [1.807, 2.05) is 15.6 Å². The number of carbonyl (C=O) groups excluding carboxylic acids is 1. The van der Waals surface area contributed by atoms with Gasteiger partial charge in [-0.25, -0.2) is 9.37 Å². The van der Waals surface area contributed by atoms with Gasteiger partial charge in [-0.15, -0.1) is 0 Å². The molecule has 1 saturated carbocycles. The van der Waals surface area contributed by atoms with E-state index in [4.69, 9.17) is 0 Å². The minimum Gasteiger partial charge on any atom is -0.310 e. The average molecular weight is 546 g/mol. The summed E-state index contributed by atoms with van der Waals surface area (Å²) in [7, 11) is 0. The van der Waals surface area contributed by atoms with E-state index in [1.54, 1.807) is 24.7 Å². The number of halogens is 4. The van der Waals surface area contributed by atoms with Gasteiger partial charge in [0.25, 0.3) is 0 Å². The molecule has 3 aliphatic rings. The van der Waals surface area contributed by atoms with E-state index >= 15 is 0 Å². The van der Waals surface area contributed by atoms with Gasteiger partial charge in [-0.1, -0.05) is 0 Å². The number of anilines is 1. The molecule has 12 heteroatoms. The summed E-state index contributed by atoms with van der Waals surface area (Å²) in [5.74, 6) is -0.00219. The molecule has 3 aromatic rings. The lowest BCUT2D eigenvalue weighted by atomic mass is 9.94. The summed E-state index contributed by atoms with van der Waals surface area (Å²) in [6.45, 7) is 3.05. The molecule has 8 nitrogen and oxygen atoms in total. The molecule has 2 aliphatic heterocycles. The van der Waals surface area contributed by atoms with Crippen molar-refractivity contribution >= 4 is 22.5 Å². The zero-order valence-electron chi connectivity index (χ0n) is 21.6. The maximum Gasteiger partial charge on any atom is 0.395 e. The van der Waals surface area contributed by atoms with Crippen LogP contribution >= 0.6 is 0 Å². The lowest BCUT2D eigenvalue weighted by Gasteiger charge is -2.34. The number of pyridine rings is 2. The molecule has 0 spiro atoms. The van der Waals surface area contributed by atoms with Crippen LogP contribution in [0.15, 0.2) is 30.7 Å². The summed E-state index contributed by atoms with van der Waals surface area (Å²) in [6, 6.07) is 3.74. The van der Waals surface area contributed by atoms with Gasteiger partial charge in [-0.2, -0.15) is 18.3 Å². The van der Waals surface area contributed by atoms with Gasteiger partial charge in [0.15, 0.2) is 0 Å². The van der Waals surface area contributed by atoms with Crippen LogP contribution in [-0.4, -0.2) is 81.0 Å². The normalized spacial score (nSPS) is 20.2. The number of alkyl halides is 4. The highest BCUT2D eigenvalue weighted by Crippen LogP contribution is 2.58. The zero-order valence-corrected chi connectivity index (χ0v) is 21.6. The summed E-state index contributed by atoms with van der Waals surface area (Å²) in [6.07, 6.45) is 2.46. The number of piperidine rings is 1. The molecule has 39 heavy (non-hydrogen) atoms. The Bertz CT molecular complexity index is 1360. The Morgan fingerprint density at radius 1 is 1.00 bits per heavy atom. The second kappa shape index (κ2) is 10.1. The summed E-state index contributed by atoms with van der Waals surface area (Å²) in [5.41, 5.74) is 1.09. The first kappa shape index (κ1) is 26.1. The Labute approximate surface area is 223 Å². The van der Waals surface area contributed by atoms with Gasteiger partial charge in [0, 0.05) is 55.4 Å². The highest BCUT2D eigenvalue weighted by Gasteiger charge is 2.63. The largest absolute Gasteiger partial charge is 0.395 e. The van der Waals surface area contributed by atoms with Gasteiger partial charge in [0.2, 0.25) is 5.91 Å². The molecular weight excluding hydrogens is 514 g/mol. The van der Waals surface area contributed by atoms with Crippen molar-refractivity contribution < 1.29 is 22.4 Å². The molecule has 1 amide bonds. The van der Waals surface area contributed by atoms with Crippen molar-refractivity contribution in [3.63, 3.8) is 0 Å². The van der Waals surface area contributed by atoms with Crippen LogP contribution in [0.5, 0.6) is 0 Å². The monoisotopic (exact) mass is 545 g/mol. The van der Waals surface area contributed by atoms with Crippen LogP contribution in [0.3, 0.4) is 0 Å². The fraction of sp³-hybridized carbons (Fsp3) is 0.556. The zero-order chi connectivity index (χ0) is 27.2. The first-order valence-corrected chi connectivity index (χ1v) is 13.4. The molecule has 0 unspecified atom stereocenters. The third kappa shape index (κ3) is 5.23. The van der Waals surface area contributed by atoms with Crippen LogP contribution in [0.25, 0.3) is 22.0 Å². The number of likely N-dealkylation sites (tertiary alicyclic amines) is 1. The van der Waals surface area contributed by atoms with Crippen LogP contribution in [0.4, 0.5) is 23.4 Å². The molecule has 208 valence electrons. The van der Waals surface area contributed by atoms with Crippen molar-refractivity contribution in [2.45, 2.75) is 44.9 Å². The molecule has 3 aromatic heterocycles. The van der Waals surface area contributed by atoms with Gasteiger partial charge in [0.1, 0.15) is 12.5 Å². The number of fused-ring (bicyclic) bond motifs is 2. The van der Waals surface area contributed by atoms with E-state index in [0.717, 1.165) is 34.3 Å². The van der Waals surface area contributed by atoms with E-state index in [1.165, 1.54) is 0 Å². The molecule has 1 N–H and O–H groups in total. The van der Waals surface area contributed by atoms with Crippen molar-refractivity contribution in [2.24, 2.45) is 11.3 Å². The lowest BCUT2D eigenvalue weighted by molar-refractivity contribution is -0.192. The number of aromatic nitrogens is 4. The molecule has 1 saturated heterocycles. The fourth-order valence-corrected chi connectivity index (χ4v) is 5.77. The third-order valence-corrected chi connectivity index (χ3v) is 8.42. The quantitative estimate of drug-likeness (QED) is 0.447. The summed E-state index contributed by atoms with van der Waals surface area (Å²) in [4.78, 5) is 25.8. The number of amides is 1. The maximum atomic E-state index is 13.3. The fourth-order valence-electron chi connectivity index (χ4n) is 5.77. The molecular formula is C27H31F4N7O. The number of carbonyl (C=O) groups is 1. The second-order valence-corrected chi connectivity index (χ2v) is 11.0. The summed E-state index contributed by atoms with van der Waals surface area (Å²) < 4.78 is 54.8. The standard InChI is InChI=1S/C27H31F4N7O/c28-5-8-36-9-10-38-23(16-36)21(15-34-38)22-11-19-12-24(33-14-20(19)13-32-22)35-25(39)18-1-6-37(7-2-18)17-26(3-4-26)27(29,30)31/h11-15,18H,1-10,16-17H2,(H,33,35,39). The Morgan fingerprint density at radius 3 is 2.49 bits per heavy atom. The minimum absolute atomic E-state index is 0.0297. The molecule has 1 aliphatic carbocycles. The molecule has 0 atom stereocenters. The average Bonchev–Trinajstić information content (AvgIpc) is 3.60. The number of hydrogen-bond acceptors (Lipinski definition) is 6.